The molecule has 4 heteroatoms. The molecule has 0 aromatic heterocycles. The lowest BCUT2D eigenvalue weighted by Crippen LogP contribution is -2.27. The Hall–Kier alpha value is -1.45. The molecule has 0 fully saturated rings. The zero-order valence-electron chi connectivity index (χ0n) is 9.54. The second-order valence-corrected chi connectivity index (χ2v) is 3.96. The average molecular weight is 223 g/mol. The Kier molecular flexibility index (Phi) is 4.89. The van der Waals surface area contributed by atoms with Gasteiger partial charge in [0.05, 0.1) is 0 Å². The van der Waals surface area contributed by atoms with E-state index in [1.807, 2.05) is 0 Å². The minimum Gasteiger partial charge on any atom is -0.330 e. The number of ketones is 2. The van der Waals surface area contributed by atoms with Gasteiger partial charge in [-0.15, -0.1) is 0 Å². The highest BCUT2D eigenvalue weighted by Crippen LogP contribution is 2.10. The van der Waals surface area contributed by atoms with Crippen LogP contribution in [0.25, 0.3) is 0 Å². The van der Waals surface area contributed by atoms with E-state index in [1.165, 1.54) is 6.08 Å². The molecule has 0 unspecified atom stereocenters. The number of amides is 1. The van der Waals surface area contributed by atoms with E-state index in [0.717, 1.165) is 19.3 Å². The van der Waals surface area contributed by atoms with Gasteiger partial charge in [0.15, 0.2) is 0 Å². The molecule has 0 radical (unpaired) electrons. The Balaban J connectivity index is 2.37. The second kappa shape index (κ2) is 6.20. The quantitative estimate of drug-likeness (QED) is 0.567. The predicted molar refractivity (Wildman–Crippen MR) is 59.6 cm³/mol. The van der Waals surface area contributed by atoms with Crippen LogP contribution < -0.4 is 5.32 Å². The zero-order valence-corrected chi connectivity index (χ0v) is 9.54. The maximum absolute atomic E-state index is 11.4. The number of carbonyl (C=O) groups is 3. The van der Waals surface area contributed by atoms with Gasteiger partial charge in [0.25, 0.3) is 0 Å². The van der Waals surface area contributed by atoms with Gasteiger partial charge in [-0.1, -0.05) is 19.8 Å². The molecule has 0 saturated heterocycles. The molecule has 1 rings (SSSR count). The molecule has 0 aromatic rings. The molecular weight excluding hydrogens is 206 g/mol. The van der Waals surface area contributed by atoms with Gasteiger partial charge in [-0.25, -0.2) is 0 Å². The average Bonchev–Trinajstić information content (AvgIpc) is 2.24. The van der Waals surface area contributed by atoms with Crippen molar-refractivity contribution >= 4 is 17.5 Å². The number of hydrogen-bond acceptors (Lipinski definition) is 3. The summed E-state index contributed by atoms with van der Waals surface area (Å²) in [5.41, 5.74) is 0.575. The second-order valence-electron chi connectivity index (χ2n) is 3.96. The molecule has 0 spiro atoms. The van der Waals surface area contributed by atoms with Gasteiger partial charge in [-0.3, -0.25) is 14.4 Å². The van der Waals surface area contributed by atoms with Crippen molar-refractivity contribution in [3.05, 3.63) is 11.8 Å². The van der Waals surface area contributed by atoms with E-state index in [9.17, 15) is 14.4 Å². The van der Waals surface area contributed by atoms with E-state index < -0.39 is 5.78 Å². The van der Waals surface area contributed by atoms with Gasteiger partial charge in [0.2, 0.25) is 17.5 Å². The topological polar surface area (TPSA) is 63.2 Å². The van der Waals surface area contributed by atoms with Crippen LogP contribution in [0.5, 0.6) is 0 Å². The molecule has 0 saturated carbocycles. The lowest BCUT2D eigenvalue weighted by molar-refractivity contribution is -0.134. The summed E-state index contributed by atoms with van der Waals surface area (Å²) in [5, 5.41) is 2.68. The van der Waals surface area contributed by atoms with Crippen LogP contribution in [0.15, 0.2) is 11.8 Å². The standard InChI is InChI=1S/C12H17NO3/c1-2-3-4-5-12(16)13-9-6-7-10(14)11(15)8-9/h8H,2-7H2,1H3,(H,13,16). The van der Waals surface area contributed by atoms with Crippen molar-refractivity contribution in [3.63, 3.8) is 0 Å². The molecule has 0 bridgehead atoms. The Morgan fingerprint density at radius 1 is 1.31 bits per heavy atom. The summed E-state index contributed by atoms with van der Waals surface area (Å²) >= 11 is 0. The van der Waals surface area contributed by atoms with Gasteiger partial charge in [0, 0.05) is 24.6 Å². The zero-order chi connectivity index (χ0) is 12.0. The lowest BCUT2D eigenvalue weighted by Gasteiger charge is -2.12. The first-order chi connectivity index (χ1) is 7.63. The smallest absolute Gasteiger partial charge is 0.224 e. The van der Waals surface area contributed by atoms with Crippen molar-refractivity contribution in [2.24, 2.45) is 0 Å². The van der Waals surface area contributed by atoms with Gasteiger partial charge in [-0.05, 0) is 12.8 Å². The Morgan fingerprint density at radius 2 is 2.06 bits per heavy atom. The van der Waals surface area contributed by atoms with E-state index in [0.29, 0.717) is 18.5 Å². The molecule has 88 valence electrons. The molecule has 0 aliphatic heterocycles. The maximum Gasteiger partial charge on any atom is 0.224 e. The van der Waals surface area contributed by atoms with Gasteiger partial charge in [0.1, 0.15) is 0 Å². The summed E-state index contributed by atoms with van der Waals surface area (Å²) in [6, 6.07) is 0. The summed E-state index contributed by atoms with van der Waals surface area (Å²) in [6.07, 6.45) is 5.36. The molecule has 0 atom stereocenters. The third-order valence-electron chi connectivity index (χ3n) is 2.51. The molecule has 16 heavy (non-hydrogen) atoms. The molecule has 0 heterocycles. The van der Waals surface area contributed by atoms with Crippen LogP contribution >= 0.6 is 0 Å². The molecule has 4 nitrogen and oxygen atoms in total. The van der Waals surface area contributed by atoms with Gasteiger partial charge < -0.3 is 5.32 Å². The van der Waals surface area contributed by atoms with Crippen LogP contribution in [0.4, 0.5) is 0 Å². The van der Waals surface area contributed by atoms with Crippen molar-refractivity contribution < 1.29 is 14.4 Å². The van der Waals surface area contributed by atoms with E-state index in [4.69, 9.17) is 0 Å². The van der Waals surface area contributed by atoms with Crippen molar-refractivity contribution in [1.82, 2.24) is 5.32 Å². The van der Waals surface area contributed by atoms with E-state index in [1.54, 1.807) is 0 Å². The first-order valence-corrected chi connectivity index (χ1v) is 5.71. The Labute approximate surface area is 95.1 Å². The molecule has 1 N–H and O–H groups in total. The Bertz CT molecular complexity index is 331. The van der Waals surface area contributed by atoms with Gasteiger partial charge >= 0.3 is 0 Å². The summed E-state index contributed by atoms with van der Waals surface area (Å²) in [6.45, 7) is 2.08. The predicted octanol–water partition coefficient (Wildman–Crippen LogP) is 1.50. The van der Waals surface area contributed by atoms with Crippen LogP contribution in [0, 0.1) is 0 Å². The number of nitrogens with one attached hydrogen (secondary N) is 1. The van der Waals surface area contributed by atoms with Crippen molar-refractivity contribution in [2.45, 2.75) is 45.4 Å². The monoisotopic (exact) mass is 223 g/mol. The van der Waals surface area contributed by atoms with Crippen molar-refractivity contribution in [3.8, 4) is 0 Å². The first-order valence-electron chi connectivity index (χ1n) is 5.71. The molecule has 1 aliphatic carbocycles. The summed E-state index contributed by atoms with van der Waals surface area (Å²) in [4.78, 5) is 33.4. The molecule has 1 aliphatic rings. The minimum atomic E-state index is -0.505. The van der Waals surface area contributed by atoms with Crippen LogP contribution in [0.3, 0.4) is 0 Å². The van der Waals surface area contributed by atoms with Crippen LogP contribution in [-0.2, 0) is 14.4 Å². The largest absolute Gasteiger partial charge is 0.330 e. The lowest BCUT2D eigenvalue weighted by atomic mass is 10.0. The SMILES string of the molecule is CCCCCC(=O)NC1=CC(=O)C(=O)CC1. The first kappa shape index (κ1) is 12.6. The van der Waals surface area contributed by atoms with Crippen molar-refractivity contribution in [2.75, 3.05) is 0 Å². The van der Waals surface area contributed by atoms with E-state index in [2.05, 4.69) is 12.2 Å². The number of hydrogen-bond donors (Lipinski definition) is 1. The highest BCUT2D eigenvalue weighted by molar-refractivity contribution is 6.42. The summed E-state index contributed by atoms with van der Waals surface area (Å²) < 4.78 is 0. The number of allylic oxidation sites excluding steroid dienone is 2. The summed E-state index contributed by atoms with van der Waals surface area (Å²) in [7, 11) is 0. The highest BCUT2D eigenvalue weighted by atomic mass is 16.2. The minimum absolute atomic E-state index is 0.0677. The molecular formula is C12H17NO3. The Morgan fingerprint density at radius 3 is 2.69 bits per heavy atom. The third kappa shape index (κ3) is 3.96. The number of rotatable bonds is 5. The number of unbranched alkanes of at least 4 members (excludes halogenated alkanes) is 2. The normalized spacial score (nSPS) is 15.9. The van der Waals surface area contributed by atoms with E-state index >= 15 is 0 Å². The van der Waals surface area contributed by atoms with Crippen LogP contribution in [-0.4, -0.2) is 17.5 Å². The fraction of sp³-hybridized carbons (Fsp3) is 0.583. The number of carbonyl (C=O) groups excluding carboxylic acids is 3. The molecule has 0 aromatic carbocycles. The molecule has 1 amide bonds. The fourth-order valence-corrected chi connectivity index (χ4v) is 1.56. The fourth-order valence-electron chi connectivity index (χ4n) is 1.56. The van der Waals surface area contributed by atoms with Gasteiger partial charge in [-0.2, -0.15) is 0 Å². The van der Waals surface area contributed by atoms with Crippen molar-refractivity contribution in [1.29, 1.82) is 0 Å². The van der Waals surface area contributed by atoms with Crippen LogP contribution in [0.1, 0.15) is 45.4 Å². The maximum atomic E-state index is 11.4. The third-order valence-corrected chi connectivity index (χ3v) is 2.51. The summed E-state index contributed by atoms with van der Waals surface area (Å²) in [5.74, 6) is -0.944. The number of Topliss-reactive ketones (excluding diaryl/α,β-unsaturated/α-hetero) is 1. The van der Waals surface area contributed by atoms with E-state index in [-0.39, 0.29) is 18.1 Å². The highest BCUT2D eigenvalue weighted by Gasteiger charge is 2.19. The van der Waals surface area contributed by atoms with Crippen LogP contribution in [0.2, 0.25) is 0 Å².